The molecule has 4 heteroatoms. The van der Waals surface area contributed by atoms with Crippen LogP contribution in [0.2, 0.25) is 0 Å². The van der Waals surface area contributed by atoms with Gasteiger partial charge in [-0.15, -0.1) is 0 Å². The third-order valence-corrected chi connectivity index (χ3v) is 2.48. The number of hydrogen-bond acceptors (Lipinski definition) is 4. The Kier molecular flexibility index (Phi) is 6.89. The fourth-order valence-corrected chi connectivity index (χ4v) is 1.51. The topological polar surface area (TPSA) is 47.3 Å². The lowest BCUT2D eigenvalue weighted by Crippen LogP contribution is -2.19. The first-order valence-electron chi connectivity index (χ1n) is 6.53. The van der Waals surface area contributed by atoms with Crippen molar-refractivity contribution in [2.45, 2.75) is 46.1 Å². The van der Waals surface area contributed by atoms with Gasteiger partial charge in [0.15, 0.2) is 0 Å². The molecule has 1 N–H and O–H groups in total. The summed E-state index contributed by atoms with van der Waals surface area (Å²) in [6.45, 7) is 8.82. The molecule has 0 aromatic carbocycles. The number of nitrogens with zero attached hydrogens (tertiary/aromatic N) is 1. The average molecular weight is 240 g/mol. The molecular formula is C13H24N2O2. The Morgan fingerprint density at radius 2 is 2.18 bits per heavy atom. The minimum atomic E-state index is 0.181. The Morgan fingerprint density at radius 3 is 2.88 bits per heavy atom. The van der Waals surface area contributed by atoms with Crippen LogP contribution >= 0.6 is 0 Å². The summed E-state index contributed by atoms with van der Waals surface area (Å²) in [7, 11) is 0. The lowest BCUT2D eigenvalue weighted by Gasteiger charge is -2.08. The number of hydrogen-bond donors (Lipinski definition) is 1. The fourth-order valence-electron chi connectivity index (χ4n) is 1.51. The molecule has 0 amide bonds. The predicted octanol–water partition coefficient (Wildman–Crippen LogP) is 2.70. The standard InChI is InChI=1S/C13H24N2O2/c1-4-7-14-11(3)13-15-10-12(17-13)6-9-16-8-5-2/h10-11,14H,4-9H2,1-3H3. The van der Waals surface area contributed by atoms with Crippen LogP contribution in [0.15, 0.2) is 10.6 Å². The molecule has 0 radical (unpaired) electrons. The maximum atomic E-state index is 5.67. The van der Waals surface area contributed by atoms with Crippen molar-refractivity contribution in [1.82, 2.24) is 10.3 Å². The van der Waals surface area contributed by atoms with E-state index in [0.717, 1.165) is 44.1 Å². The Morgan fingerprint density at radius 1 is 1.35 bits per heavy atom. The number of nitrogens with one attached hydrogen (secondary N) is 1. The van der Waals surface area contributed by atoms with Gasteiger partial charge in [0.2, 0.25) is 5.89 Å². The van der Waals surface area contributed by atoms with Gasteiger partial charge in [-0.25, -0.2) is 4.98 Å². The van der Waals surface area contributed by atoms with E-state index in [1.165, 1.54) is 0 Å². The lowest BCUT2D eigenvalue weighted by molar-refractivity contribution is 0.134. The highest BCUT2D eigenvalue weighted by Gasteiger charge is 2.11. The molecule has 0 fully saturated rings. The van der Waals surface area contributed by atoms with Gasteiger partial charge in [-0.05, 0) is 26.3 Å². The molecular weight excluding hydrogens is 216 g/mol. The van der Waals surface area contributed by atoms with Gasteiger partial charge in [-0.1, -0.05) is 13.8 Å². The van der Waals surface area contributed by atoms with Crippen molar-refractivity contribution in [3.05, 3.63) is 17.8 Å². The number of rotatable bonds is 9. The van der Waals surface area contributed by atoms with E-state index >= 15 is 0 Å². The summed E-state index contributed by atoms with van der Waals surface area (Å²) in [6.07, 6.45) is 4.77. The van der Waals surface area contributed by atoms with Crippen LogP contribution in [0, 0.1) is 0 Å². The van der Waals surface area contributed by atoms with Crippen LogP contribution in [0.5, 0.6) is 0 Å². The normalized spacial score (nSPS) is 12.9. The highest BCUT2D eigenvalue weighted by molar-refractivity contribution is 4.97. The Balaban J connectivity index is 2.31. The lowest BCUT2D eigenvalue weighted by atomic mass is 10.3. The molecule has 0 aliphatic heterocycles. The van der Waals surface area contributed by atoms with Crippen LogP contribution in [-0.2, 0) is 11.2 Å². The second-order valence-electron chi connectivity index (χ2n) is 4.20. The summed E-state index contributed by atoms with van der Waals surface area (Å²) in [5, 5.41) is 3.35. The van der Waals surface area contributed by atoms with Crippen molar-refractivity contribution in [2.75, 3.05) is 19.8 Å². The van der Waals surface area contributed by atoms with Gasteiger partial charge >= 0.3 is 0 Å². The van der Waals surface area contributed by atoms with Crippen LogP contribution in [0.1, 0.15) is 51.3 Å². The van der Waals surface area contributed by atoms with Crippen LogP contribution in [0.4, 0.5) is 0 Å². The van der Waals surface area contributed by atoms with Crippen molar-refractivity contribution in [3.8, 4) is 0 Å². The second kappa shape index (κ2) is 8.25. The SMILES string of the molecule is CCCNC(C)c1ncc(CCOCCC)o1. The van der Waals surface area contributed by atoms with Crippen molar-refractivity contribution >= 4 is 0 Å². The van der Waals surface area contributed by atoms with E-state index in [0.29, 0.717) is 6.61 Å². The minimum Gasteiger partial charge on any atom is -0.444 e. The van der Waals surface area contributed by atoms with Crippen molar-refractivity contribution < 1.29 is 9.15 Å². The molecule has 1 aromatic rings. The van der Waals surface area contributed by atoms with Gasteiger partial charge in [0.25, 0.3) is 0 Å². The molecule has 4 nitrogen and oxygen atoms in total. The highest BCUT2D eigenvalue weighted by atomic mass is 16.5. The zero-order valence-corrected chi connectivity index (χ0v) is 11.2. The van der Waals surface area contributed by atoms with Gasteiger partial charge in [-0.2, -0.15) is 0 Å². The summed E-state index contributed by atoms with van der Waals surface area (Å²) in [5.41, 5.74) is 0. The predicted molar refractivity (Wildman–Crippen MR) is 68.0 cm³/mol. The van der Waals surface area contributed by atoms with Crippen molar-refractivity contribution in [1.29, 1.82) is 0 Å². The van der Waals surface area contributed by atoms with Gasteiger partial charge in [0, 0.05) is 13.0 Å². The minimum absolute atomic E-state index is 0.181. The molecule has 1 heterocycles. The molecule has 0 saturated heterocycles. The van der Waals surface area contributed by atoms with Gasteiger partial charge in [-0.3, -0.25) is 0 Å². The first kappa shape index (κ1) is 14.2. The number of oxazole rings is 1. The molecule has 1 unspecified atom stereocenters. The summed E-state index contributed by atoms with van der Waals surface area (Å²) in [6, 6.07) is 0.181. The maximum Gasteiger partial charge on any atom is 0.211 e. The van der Waals surface area contributed by atoms with E-state index in [1.807, 2.05) is 0 Å². The summed E-state index contributed by atoms with van der Waals surface area (Å²) in [4.78, 5) is 4.28. The molecule has 1 rings (SSSR count). The Hall–Kier alpha value is -0.870. The van der Waals surface area contributed by atoms with Crippen molar-refractivity contribution in [3.63, 3.8) is 0 Å². The first-order chi connectivity index (χ1) is 8.27. The largest absolute Gasteiger partial charge is 0.444 e. The van der Waals surface area contributed by atoms with E-state index in [9.17, 15) is 0 Å². The smallest absolute Gasteiger partial charge is 0.211 e. The van der Waals surface area contributed by atoms with Crippen LogP contribution in [0.25, 0.3) is 0 Å². The van der Waals surface area contributed by atoms with E-state index < -0.39 is 0 Å². The Labute approximate surface area is 104 Å². The molecule has 0 aliphatic rings. The quantitative estimate of drug-likeness (QED) is 0.674. The number of ether oxygens (including phenoxy) is 1. The van der Waals surface area contributed by atoms with Crippen LogP contribution in [-0.4, -0.2) is 24.7 Å². The average Bonchev–Trinajstić information content (AvgIpc) is 2.80. The molecule has 98 valence electrons. The van der Waals surface area contributed by atoms with E-state index in [-0.39, 0.29) is 6.04 Å². The first-order valence-corrected chi connectivity index (χ1v) is 6.53. The molecule has 1 aromatic heterocycles. The van der Waals surface area contributed by atoms with Crippen LogP contribution in [0.3, 0.4) is 0 Å². The van der Waals surface area contributed by atoms with E-state index in [4.69, 9.17) is 9.15 Å². The Bertz CT molecular complexity index is 299. The molecule has 0 spiro atoms. The number of aromatic nitrogens is 1. The van der Waals surface area contributed by atoms with E-state index in [1.54, 1.807) is 6.20 Å². The molecule has 17 heavy (non-hydrogen) atoms. The van der Waals surface area contributed by atoms with E-state index in [2.05, 4.69) is 31.1 Å². The monoisotopic (exact) mass is 240 g/mol. The summed E-state index contributed by atoms with van der Waals surface area (Å²) < 4.78 is 11.1. The second-order valence-corrected chi connectivity index (χ2v) is 4.20. The maximum absolute atomic E-state index is 5.67. The molecule has 0 saturated carbocycles. The highest BCUT2D eigenvalue weighted by Crippen LogP contribution is 2.13. The van der Waals surface area contributed by atoms with Gasteiger partial charge < -0.3 is 14.5 Å². The van der Waals surface area contributed by atoms with Gasteiger partial charge in [0.05, 0.1) is 18.8 Å². The van der Waals surface area contributed by atoms with Gasteiger partial charge in [0.1, 0.15) is 5.76 Å². The molecule has 0 aliphatic carbocycles. The summed E-state index contributed by atoms with van der Waals surface area (Å²) in [5.74, 6) is 1.67. The fraction of sp³-hybridized carbons (Fsp3) is 0.769. The zero-order valence-electron chi connectivity index (χ0n) is 11.2. The summed E-state index contributed by atoms with van der Waals surface area (Å²) >= 11 is 0. The molecule has 0 bridgehead atoms. The van der Waals surface area contributed by atoms with Crippen molar-refractivity contribution in [2.24, 2.45) is 0 Å². The molecule has 1 atom stereocenters. The van der Waals surface area contributed by atoms with Crippen LogP contribution < -0.4 is 5.32 Å². The zero-order chi connectivity index (χ0) is 12.5. The third-order valence-electron chi connectivity index (χ3n) is 2.48. The third kappa shape index (κ3) is 5.33.